The van der Waals surface area contributed by atoms with E-state index in [2.05, 4.69) is 0 Å². The molecule has 0 radical (unpaired) electrons. The lowest BCUT2D eigenvalue weighted by Gasteiger charge is -2.26. The maximum atomic E-state index is 13.1. The maximum Gasteiger partial charge on any atom is 0.295 e. The highest BCUT2D eigenvalue weighted by Gasteiger charge is 2.46. The largest absolute Gasteiger partial charge is 0.507 e. The second kappa shape index (κ2) is 9.77. The number of aliphatic hydroxyl groups excluding tert-OH is 1. The van der Waals surface area contributed by atoms with Crippen LogP contribution >= 0.6 is 0 Å². The molecular formula is C25H30N2O5. The van der Waals surface area contributed by atoms with E-state index >= 15 is 0 Å². The summed E-state index contributed by atoms with van der Waals surface area (Å²) in [6.07, 6.45) is 1.63. The summed E-state index contributed by atoms with van der Waals surface area (Å²) in [5, 5.41) is 11.3. The van der Waals surface area contributed by atoms with Crippen molar-refractivity contribution in [3.8, 4) is 11.5 Å². The van der Waals surface area contributed by atoms with Gasteiger partial charge in [0.15, 0.2) is 0 Å². The first kappa shape index (κ1) is 23.2. The van der Waals surface area contributed by atoms with E-state index in [-0.39, 0.29) is 11.3 Å². The summed E-state index contributed by atoms with van der Waals surface area (Å²) in [7, 11) is 6.88. The first-order chi connectivity index (χ1) is 15.3. The number of amides is 1. The van der Waals surface area contributed by atoms with Crippen LogP contribution in [0.15, 0.2) is 48.0 Å². The molecule has 1 amide bonds. The van der Waals surface area contributed by atoms with Crippen molar-refractivity contribution in [1.82, 2.24) is 4.90 Å². The minimum Gasteiger partial charge on any atom is -0.507 e. The molecule has 1 heterocycles. The lowest BCUT2D eigenvalue weighted by atomic mass is 9.94. The molecule has 2 aromatic carbocycles. The Morgan fingerprint density at radius 1 is 1.06 bits per heavy atom. The van der Waals surface area contributed by atoms with Gasteiger partial charge in [-0.15, -0.1) is 0 Å². The number of aliphatic hydroxyl groups is 1. The Morgan fingerprint density at radius 3 is 2.31 bits per heavy atom. The number of benzene rings is 2. The molecule has 0 aromatic heterocycles. The molecule has 1 saturated heterocycles. The number of carbonyl (C=O) groups is 2. The zero-order chi connectivity index (χ0) is 23.4. The highest BCUT2D eigenvalue weighted by atomic mass is 16.5. The van der Waals surface area contributed by atoms with Gasteiger partial charge in [0.25, 0.3) is 11.7 Å². The Balaban J connectivity index is 2.20. The number of methoxy groups -OCH3 is 2. The van der Waals surface area contributed by atoms with Crippen LogP contribution in [0.5, 0.6) is 11.5 Å². The topological polar surface area (TPSA) is 79.3 Å². The van der Waals surface area contributed by atoms with E-state index in [1.807, 2.05) is 50.2 Å². The quantitative estimate of drug-likeness (QED) is 0.381. The number of anilines is 1. The van der Waals surface area contributed by atoms with E-state index in [0.717, 1.165) is 24.1 Å². The summed E-state index contributed by atoms with van der Waals surface area (Å²) < 4.78 is 10.7. The first-order valence-electron chi connectivity index (χ1n) is 10.6. The van der Waals surface area contributed by atoms with Gasteiger partial charge in [0.05, 0.1) is 31.4 Å². The van der Waals surface area contributed by atoms with Crippen molar-refractivity contribution in [3.63, 3.8) is 0 Å². The Morgan fingerprint density at radius 2 is 1.75 bits per heavy atom. The van der Waals surface area contributed by atoms with Gasteiger partial charge >= 0.3 is 0 Å². The Labute approximate surface area is 188 Å². The summed E-state index contributed by atoms with van der Waals surface area (Å²) in [4.78, 5) is 29.6. The van der Waals surface area contributed by atoms with Crippen molar-refractivity contribution >= 4 is 23.1 Å². The van der Waals surface area contributed by atoms with Crippen LogP contribution in [0.3, 0.4) is 0 Å². The van der Waals surface area contributed by atoms with Gasteiger partial charge in [-0.2, -0.15) is 0 Å². The predicted molar refractivity (Wildman–Crippen MR) is 124 cm³/mol. The van der Waals surface area contributed by atoms with Gasteiger partial charge < -0.3 is 24.4 Å². The van der Waals surface area contributed by atoms with Crippen molar-refractivity contribution in [3.05, 3.63) is 59.2 Å². The summed E-state index contributed by atoms with van der Waals surface area (Å²) in [6, 6.07) is 11.9. The summed E-state index contributed by atoms with van der Waals surface area (Å²) >= 11 is 0. The van der Waals surface area contributed by atoms with Crippen LogP contribution in [0.2, 0.25) is 0 Å². The van der Waals surface area contributed by atoms with E-state index in [9.17, 15) is 14.7 Å². The monoisotopic (exact) mass is 438 g/mol. The highest BCUT2D eigenvalue weighted by molar-refractivity contribution is 6.46. The molecule has 1 N–H and O–H groups in total. The SMILES string of the molecule is CCCCN1C(=O)C(=O)/C(=C(/O)c2cc(OC)ccc2OC)C1c1ccc(N(C)C)cc1. The van der Waals surface area contributed by atoms with Crippen molar-refractivity contribution in [2.24, 2.45) is 0 Å². The average molecular weight is 439 g/mol. The molecule has 1 aliphatic heterocycles. The molecule has 0 saturated carbocycles. The molecule has 0 bridgehead atoms. The molecule has 7 nitrogen and oxygen atoms in total. The molecule has 1 aliphatic rings. The van der Waals surface area contributed by atoms with Gasteiger partial charge in [-0.3, -0.25) is 9.59 Å². The van der Waals surface area contributed by atoms with E-state index in [0.29, 0.717) is 23.6 Å². The van der Waals surface area contributed by atoms with Gasteiger partial charge in [0.2, 0.25) is 0 Å². The van der Waals surface area contributed by atoms with Crippen molar-refractivity contribution in [2.75, 3.05) is 39.8 Å². The van der Waals surface area contributed by atoms with Crippen molar-refractivity contribution < 1.29 is 24.2 Å². The third-order valence-electron chi connectivity index (χ3n) is 5.68. The van der Waals surface area contributed by atoms with Crippen LogP contribution in [0.25, 0.3) is 5.76 Å². The number of carbonyl (C=O) groups excluding carboxylic acids is 2. The van der Waals surface area contributed by atoms with Crippen molar-refractivity contribution in [2.45, 2.75) is 25.8 Å². The number of unbranched alkanes of at least 4 members (excludes halogenated alkanes) is 1. The summed E-state index contributed by atoms with van der Waals surface area (Å²) in [6.45, 7) is 2.45. The minimum atomic E-state index is -0.704. The lowest BCUT2D eigenvalue weighted by molar-refractivity contribution is -0.139. The molecule has 170 valence electrons. The van der Waals surface area contributed by atoms with Gasteiger partial charge in [-0.1, -0.05) is 25.5 Å². The zero-order valence-corrected chi connectivity index (χ0v) is 19.2. The fourth-order valence-corrected chi connectivity index (χ4v) is 3.88. The molecule has 1 atom stereocenters. The van der Waals surface area contributed by atoms with Crippen LogP contribution in [-0.4, -0.2) is 56.6 Å². The predicted octanol–water partition coefficient (Wildman–Crippen LogP) is 3.99. The molecule has 1 fully saturated rings. The molecule has 32 heavy (non-hydrogen) atoms. The second-order valence-corrected chi connectivity index (χ2v) is 7.90. The number of hydrogen-bond donors (Lipinski definition) is 1. The number of hydrogen-bond acceptors (Lipinski definition) is 6. The highest BCUT2D eigenvalue weighted by Crippen LogP contribution is 2.42. The van der Waals surface area contributed by atoms with Crippen LogP contribution in [0, 0.1) is 0 Å². The van der Waals surface area contributed by atoms with Crippen LogP contribution < -0.4 is 14.4 Å². The number of rotatable bonds is 8. The third-order valence-corrected chi connectivity index (χ3v) is 5.68. The Kier molecular flexibility index (Phi) is 7.08. The third kappa shape index (κ3) is 4.28. The normalized spacial score (nSPS) is 17.5. The van der Waals surface area contributed by atoms with Crippen LogP contribution in [0.1, 0.15) is 36.9 Å². The van der Waals surface area contributed by atoms with E-state index < -0.39 is 17.7 Å². The standard InChI is InChI=1S/C25H30N2O5/c1-6-7-14-27-22(16-8-10-17(11-9-16)26(2)3)21(24(29)25(27)30)23(28)19-15-18(31-4)12-13-20(19)32-5/h8-13,15,22,28H,6-7,14H2,1-5H3/b23-21+. The molecule has 0 aliphatic carbocycles. The van der Waals surface area contributed by atoms with Gasteiger partial charge in [0, 0.05) is 26.3 Å². The number of Topliss-reactive ketones (excluding diaryl/α,β-unsaturated/α-hetero) is 1. The molecule has 2 aromatic rings. The zero-order valence-electron chi connectivity index (χ0n) is 19.2. The number of nitrogens with zero attached hydrogens (tertiary/aromatic N) is 2. The lowest BCUT2D eigenvalue weighted by Crippen LogP contribution is -2.30. The van der Waals surface area contributed by atoms with Crippen molar-refractivity contribution in [1.29, 1.82) is 0 Å². The average Bonchev–Trinajstić information content (AvgIpc) is 3.06. The Bertz CT molecular complexity index is 1030. The number of likely N-dealkylation sites (tertiary alicyclic amines) is 1. The van der Waals surface area contributed by atoms with Gasteiger partial charge in [-0.25, -0.2) is 0 Å². The molecule has 1 unspecified atom stereocenters. The van der Waals surface area contributed by atoms with E-state index in [1.165, 1.54) is 14.2 Å². The molecule has 3 rings (SSSR count). The van der Waals surface area contributed by atoms with Gasteiger partial charge in [-0.05, 0) is 42.3 Å². The minimum absolute atomic E-state index is 0.0512. The maximum absolute atomic E-state index is 13.1. The smallest absolute Gasteiger partial charge is 0.295 e. The first-order valence-corrected chi connectivity index (χ1v) is 10.6. The van der Waals surface area contributed by atoms with Gasteiger partial charge in [0.1, 0.15) is 17.3 Å². The number of ketones is 1. The fourth-order valence-electron chi connectivity index (χ4n) is 3.88. The fraction of sp³-hybridized carbons (Fsp3) is 0.360. The Hall–Kier alpha value is -3.48. The number of ether oxygens (including phenoxy) is 2. The summed E-state index contributed by atoms with van der Waals surface area (Å²) in [5.74, 6) is -0.710. The molecular weight excluding hydrogens is 408 g/mol. The van der Waals surface area contributed by atoms with E-state index in [4.69, 9.17) is 9.47 Å². The molecule has 7 heteroatoms. The summed E-state index contributed by atoms with van der Waals surface area (Å²) in [5.41, 5.74) is 2.11. The van der Waals surface area contributed by atoms with Crippen LogP contribution in [-0.2, 0) is 9.59 Å². The van der Waals surface area contributed by atoms with E-state index in [1.54, 1.807) is 23.1 Å². The second-order valence-electron chi connectivity index (χ2n) is 7.90. The molecule has 0 spiro atoms. The van der Waals surface area contributed by atoms with Crippen LogP contribution in [0.4, 0.5) is 5.69 Å².